The number of hydrogen-bond acceptors (Lipinski definition) is 3. The molecule has 0 aliphatic carbocycles. The van der Waals surface area contributed by atoms with Gasteiger partial charge in [0.25, 0.3) is 5.88 Å². The molecule has 0 saturated heterocycles. The summed E-state index contributed by atoms with van der Waals surface area (Å²) in [7, 11) is 0. The van der Waals surface area contributed by atoms with E-state index in [1.165, 1.54) is 12.3 Å². The third-order valence-corrected chi connectivity index (χ3v) is 3.06. The first kappa shape index (κ1) is 12.6. The predicted octanol–water partition coefficient (Wildman–Crippen LogP) is 3.66. The highest BCUT2D eigenvalue weighted by Crippen LogP contribution is 2.30. The van der Waals surface area contributed by atoms with E-state index in [-0.39, 0.29) is 18.1 Å². The SMILES string of the molecule is OCc1ccnc(Oc2cccc3ccccc23)c1F. The van der Waals surface area contributed by atoms with Crippen LogP contribution in [-0.2, 0) is 6.61 Å². The van der Waals surface area contributed by atoms with Crippen molar-refractivity contribution in [2.24, 2.45) is 0 Å². The molecule has 0 unspecified atom stereocenters. The Morgan fingerprint density at radius 2 is 1.85 bits per heavy atom. The summed E-state index contributed by atoms with van der Waals surface area (Å²) in [6.07, 6.45) is 1.41. The zero-order valence-corrected chi connectivity index (χ0v) is 10.6. The average molecular weight is 269 g/mol. The Morgan fingerprint density at radius 3 is 2.70 bits per heavy atom. The van der Waals surface area contributed by atoms with E-state index in [2.05, 4.69) is 4.98 Å². The minimum Gasteiger partial charge on any atom is -0.436 e. The van der Waals surface area contributed by atoms with E-state index < -0.39 is 5.82 Å². The lowest BCUT2D eigenvalue weighted by Gasteiger charge is -2.10. The van der Waals surface area contributed by atoms with Crippen LogP contribution in [0.3, 0.4) is 0 Å². The van der Waals surface area contributed by atoms with Gasteiger partial charge in [-0.2, -0.15) is 0 Å². The van der Waals surface area contributed by atoms with Crippen molar-refractivity contribution in [1.29, 1.82) is 0 Å². The Labute approximate surface area is 115 Å². The second-order valence-electron chi connectivity index (χ2n) is 4.33. The maximum Gasteiger partial charge on any atom is 0.256 e. The Kier molecular flexibility index (Phi) is 3.31. The lowest BCUT2D eigenvalue weighted by atomic mass is 10.1. The molecule has 0 atom stereocenters. The van der Waals surface area contributed by atoms with E-state index in [9.17, 15) is 4.39 Å². The number of fused-ring (bicyclic) bond motifs is 1. The molecule has 4 heteroatoms. The fourth-order valence-corrected chi connectivity index (χ4v) is 2.04. The zero-order chi connectivity index (χ0) is 13.9. The van der Waals surface area contributed by atoms with Gasteiger partial charge in [-0.1, -0.05) is 36.4 Å². The fraction of sp³-hybridized carbons (Fsp3) is 0.0625. The molecule has 1 heterocycles. The summed E-state index contributed by atoms with van der Waals surface area (Å²) in [5, 5.41) is 10.9. The summed E-state index contributed by atoms with van der Waals surface area (Å²) < 4.78 is 19.6. The van der Waals surface area contributed by atoms with Crippen LogP contribution in [0.1, 0.15) is 5.56 Å². The van der Waals surface area contributed by atoms with Gasteiger partial charge in [-0.3, -0.25) is 0 Å². The number of benzene rings is 2. The number of hydrogen-bond donors (Lipinski definition) is 1. The largest absolute Gasteiger partial charge is 0.436 e. The van der Waals surface area contributed by atoms with Crippen LogP contribution in [0, 0.1) is 5.82 Å². The summed E-state index contributed by atoms with van der Waals surface area (Å²) in [5.41, 5.74) is 0.162. The first-order chi connectivity index (χ1) is 9.79. The number of aliphatic hydroxyl groups is 1. The standard InChI is InChI=1S/C16H12FNO2/c17-15-12(10-19)8-9-18-16(15)20-14-7-3-5-11-4-1-2-6-13(11)14/h1-9,19H,10H2. The van der Waals surface area contributed by atoms with Gasteiger partial charge < -0.3 is 9.84 Å². The molecule has 1 N–H and O–H groups in total. The number of pyridine rings is 1. The highest BCUT2D eigenvalue weighted by atomic mass is 19.1. The Morgan fingerprint density at radius 1 is 1.05 bits per heavy atom. The summed E-state index contributed by atoms with van der Waals surface area (Å²) >= 11 is 0. The Hall–Kier alpha value is -2.46. The molecule has 0 saturated carbocycles. The molecule has 3 aromatic rings. The van der Waals surface area contributed by atoms with Crippen LogP contribution in [-0.4, -0.2) is 10.1 Å². The van der Waals surface area contributed by atoms with Crippen LogP contribution in [0.15, 0.2) is 54.7 Å². The molecule has 0 aliphatic heterocycles. The molecule has 0 fully saturated rings. The monoisotopic (exact) mass is 269 g/mol. The number of aromatic nitrogens is 1. The van der Waals surface area contributed by atoms with Gasteiger partial charge in [0.2, 0.25) is 0 Å². The van der Waals surface area contributed by atoms with E-state index in [4.69, 9.17) is 9.84 Å². The predicted molar refractivity (Wildman–Crippen MR) is 74.1 cm³/mol. The summed E-state index contributed by atoms with van der Waals surface area (Å²) in [5.74, 6) is -0.236. The molecule has 0 aliphatic rings. The maximum atomic E-state index is 14.0. The van der Waals surface area contributed by atoms with E-state index in [1.54, 1.807) is 6.07 Å². The fourth-order valence-electron chi connectivity index (χ4n) is 2.04. The smallest absolute Gasteiger partial charge is 0.256 e. The van der Waals surface area contributed by atoms with Gasteiger partial charge in [-0.25, -0.2) is 9.37 Å². The van der Waals surface area contributed by atoms with Crippen LogP contribution >= 0.6 is 0 Å². The molecule has 3 rings (SSSR count). The molecular weight excluding hydrogens is 257 g/mol. The van der Waals surface area contributed by atoms with Crippen LogP contribution in [0.25, 0.3) is 10.8 Å². The number of halogens is 1. The molecule has 0 spiro atoms. The summed E-state index contributed by atoms with van der Waals surface area (Å²) in [6.45, 7) is -0.389. The van der Waals surface area contributed by atoms with Crippen molar-refractivity contribution >= 4 is 10.8 Å². The maximum absolute atomic E-state index is 14.0. The topological polar surface area (TPSA) is 42.4 Å². The molecule has 2 aromatic carbocycles. The van der Waals surface area contributed by atoms with Crippen LogP contribution in [0.2, 0.25) is 0 Å². The van der Waals surface area contributed by atoms with Gasteiger partial charge >= 0.3 is 0 Å². The van der Waals surface area contributed by atoms with Crippen molar-refractivity contribution in [2.75, 3.05) is 0 Å². The third-order valence-electron chi connectivity index (χ3n) is 3.06. The zero-order valence-electron chi connectivity index (χ0n) is 10.6. The van der Waals surface area contributed by atoms with Crippen molar-refractivity contribution in [1.82, 2.24) is 4.98 Å². The number of rotatable bonds is 3. The first-order valence-electron chi connectivity index (χ1n) is 6.19. The van der Waals surface area contributed by atoms with E-state index in [1.807, 2.05) is 36.4 Å². The average Bonchev–Trinajstić information content (AvgIpc) is 2.50. The number of ether oxygens (including phenoxy) is 1. The van der Waals surface area contributed by atoms with Crippen molar-refractivity contribution in [3.05, 3.63) is 66.1 Å². The van der Waals surface area contributed by atoms with Crippen LogP contribution in [0.5, 0.6) is 11.6 Å². The van der Waals surface area contributed by atoms with Gasteiger partial charge in [0.1, 0.15) is 5.75 Å². The van der Waals surface area contributed by atoms with Crippen molar-refractivity contribution in [3.63, 3.8) is 0 Å². The van der Waals surface area contributed by atoms with Gasteiger partial charge in [-0.05, 0) is 17.5 Å². The van der Waals surface area contributed by atoms with E-state index in [0.717, 1.165) is 10.8 Å². The quantitative estimate of drug-likeness (QED) is 0.789. The molecule has 0 radical (unpaired) electrons. The van der Waals surface area contributed by atoms with Gasteiger partial charge in [0, 0.05) is 17.1 Å². The normalized spacial score (nSPS) is 10.7. The molecule has 0 amide bonds. The first-order valence-corrected chi connectivity index (χ1v) is 6.19. The van der Waals surface area contributed by atoms with Gasteiger partial charge in [0.05, 0.1) is 6.61 Å². The van der Waals surface area contributed by atoms with E-state index >= 15 is 0 Å². The molecule has 100 valence electrons. The molecule has 0 bridgehead atoms. The van der Waals surface area contributed by atoms with Gasteiger partial charge in [0.15, 0.2) is 5.82 Å². The van der Waals surface area contributed by atoms with Crippen molar-refractivity contribution in [2.45, 2.75) is 6.61 Å². The second kappa shape index (κ2) is 5.27. The third kappa shape index (κ3) is 2.21. The second-order valence-corrected chi connectivity index (χ2v) is 4.33. The van der Waals surface area contributed by atoms with Crippen LogP contribution in [0.4, 0.5) is 4.39 Å². The number of aliphatic hydroxyl groups excluding tert-OH is 1. The van der Waals surface area contributed by atoms with Crippen molar-refractivity contribution in [3.8, 4) is 11.6 Å². The van der Waals surface area contributed by atoms with Crippen LogP contribution < -0.4 is 4.74 Å². The molecular formula is C16H12FNO2. The van der Waals surface area contributed by atoms with Gasteiger partial charge in [-0.15, -0.1) is 0 Å². The highest BCUT2D eigenvalue weighted by molar-refractivity contribution is 5.88. The minimum atomic E-state index is -0.636. The lowest BCUT2D eigenvalue weighted by molar-refractivity contribution is 0.273. The van der Waals surface area contributed by atoms with E-state index in [0.29, 0.717) is 5.75 Å². The van der Waals surface area contributed by atoms with Crippen molar-refractivity contribution < 1.29 is 14.2 Å². The minimum absolute atomic E-state index is 0.132. The summed E-state index contributed by atoms with van der Waals surface area (Å²) in [4.78, 5) is 3.88. The lowest BCUT2D eigenvalue weighted by Crippen LogP contribution is -1.97. The Balaban J connectivity index is 2.06. The highest BCUT2D eigenvalue weighted by Gasteiger charge is 2.12. The molecule has 1 aromatic heterocycles. The molecule has 20 heavy (non-hydrogen) atoms. The molecule has 3 nitrogen and oxygen atoms in total. The summed E-state index contributed by atoms with van der Waals surface area (Å²) in [6, 6.07) is 14.6. The Bertz CT molecular complexity index is 753. The number of nitrogens with zero attached hydrogens (tertiary/aromatic N) is 1.